The molecule has 21 heavy (non-hydrogen) atoms. The minimum absolute atomic E-state index is 0.0672. The fraction of sp³-hybridized carbons (Fsp3) is 0.353. The average molecular weight is 284 g/mol. The van der Waals surface area contributed by atoms with E-state index in [9.17, 15) is 4.79 Å². The molecule has 1 saturated heterocycles. The van der Waals surface area contributed by atoms with E-state index >= 15 is 0 Å². The van der Waals surface area contributed by atoms with Gasteiger partial charge in [0.05, 0.1) is 12.8 Å². The van der Waals surface area contributed by atoms with Gasteiger partial charge in [0.25, 0.3) is 5.91 Å². The van der Waals surface area contributed by atoms with Crippen LogP contribution in [0.15, 0.2) is 41.0 Å². The molecule has 0 radical (unpaired) electrons. The molecule has 2 heterocycles. The van der Waals surface area contributed by atoms with Crippen LogP contribution < -0.4 is 10.2 Å². The van der Waals surface area contributed by atoms with Crippen molar-refractivity contribution in [2.45, 2.75) is 26.3 Å². The molecule has 1 aromatic carbocycles. The highest BCUT2D eigenvalue weighted by Crippen LogP contribution is 2.25. The number of anilines is 1. The van der Waals surface area contributed by atoms with Crippen molar-refractivity contribution in [3.63, 3.8) is 0 Å². The van der Waals surface area contributed by atoms with Gasteiger partial charge in [0.2, 0.25) is 0 Å². The summed E-state index contributed by atoms with van der Waals surface area (Å²) in [6.07, 6.45) is 4.12. The molecule has 1 N–H and O–H groups in total. The van der Waals surface area contributed by atoms with Gasteiger partial charge < -0.3 is 14.6 Å². The van der Waals surface area contributed by atoms with Crippen molar-refractivity contribution in [1.29, 1.82) is 0 Å². The van der Waals surface area contributed by atoms with E-state index in [0.29, 0.717) is 12.1 Å². The highest BCUT2D eigenvalue weighted by atomic mass is 16.3. The third kappa shape index (κ3) is 3.10. The molecule has 110 valence electrons. The van der Waals surface area contributed by atoms with Gasteiger partial charge in [0.1, 0.15) is 5.76 Å². The van der Waals surface area contributed by atoms with E-state index in [-0.39, 0.29) is 5.91 Å². The molecule has 4 heteroatoms. The molecule has 0 unspecified atom stereocenters. The van der Waals surface area contributed by atoms with E-state index in [1.165, 1.54) is 18.5 Å². The number of carbonyl (C=O) groups excluding carboxylic acids is 1. The number of hydrogen-bond donors (Lipinski definition) is 1. The maximum Gasteiger partial charge on any atom is 0.251 e. The molecule has 4 nitrogen and oxygen atoms in total. The average Bonchev–Trinajstić information content (AvgIpc) is 3.17. The van der Waals surface area contributed by atoms with Crippen molar-refractivity contribution in [1.82, 2.24) is 5.32 Å². The Morgan fingerprint density at radius 2 is 2.10 bits per heavy atom. The van der Waals surface area contributed by atoms with Crippen LogP contribution in [0, 0.1) is 6.92 Å². The van der Waals surface area contributed by atoms with Crippen LogP contribution in [0.5, 0.6) is 0 Å². The molecule has 0 aliphatic carbocycles. The van der Waals surface area contributed by atoms with Crippen molar-refractivity contribution >= 4 is 11.6 Å². The Labute approximate surface area is 124 Å². The van der Waals surface area contributed by atoms with Crippen LogP contribution in [0.3, 0.4) is 0 Å². The normalized spacial score (nSPS) is 14.4. The predicted molar refractivity (Wildman–Crippen MR) is 82.5 cm³/mol. The summed E-state index contributed by atoms with van der Waals surface area (Å²) in [5.41, 5.74) is 3.10. The van der Waals surface area contributed by atoms with Crippen LogP contribution in [0.2, 0.25) is 0 Å². The molecule has 0 spiro atoms. The molecule has 1 amide bonds. The van der Waals surface area contributed by atoms with Crippen LogP contribution in [0.1, 0.15) is 34.5 Å². The third-order valence-corrected chi connectivity index (χ3v) is 3.91. The van der Waals surface area contributed by atoms with Crippen molar-refractivity contribution < 1.29 is 9.21 Å². The summed E-state index contributed by atoms with van der Waals surface area (Å²) in [4.78, 5) is 14.5. The van der Waals surface area contributed by atoms with Gasteiger partial charge in [-0.05, 0) is 55.7 Å². The summed E-state index contributed by atoms with van der Waals surface area (Å²) in [5, 5.41) is 2.87. The van der Waals surface area contributed by atoms with Gasteiger partial charge in [-0.2, -0.15) is 0 Å². The fourth-order valence-electron chi connectivity index (χ4n) is 2.79. The largest absolute Gasteiger partial charge is 0.467 e. The van der Waals surface area contributed by atoms with Crippen molar-refractivity contribution in [3.05, 3.63) is 53.5 Å². The van der Waals surface area contributed by atoms with Crippen molar-refractivity contribution in [3.8, 4) is 0 Å². The number of benzene rings is 1. The molecule has 1 fully saturated rings. The summed E-state index contributed by atoms with van der Waals surface area (Å²) in [7, 11) is 0. The molecule has 0 saturated carbocycles. The minimum Gasteiger partial charge on any atom is -0.467 e. The number of furan rings is 1. The van der Waals surface area contributed by atoms with Crippen LogP contribution in [0.25, 0.3) is 0 Å². The second kappa shape index (κ2) is 6.04. The lowest BCUT2D eigenvalue weighted by Gasteiger charge is -2.20. The zero-order valence-corrected chi connectivity index (χ0v) is 12.3. The van der Waals surface area contributed by atoms with Crippen molar-refractivity contribution in [2.75, 3.05) is 18.0 Å². The van der Waals surface area contributed by atoms with Gasteiger partial charge in [-0.1, -0.05) is 0 Å². The zero-order chi connectivity index (χ0) is 14.7. The van der Waals surface area contributed by atoms with E-state index in [4.69, 9.17) is 4.42 Å². The second-order valence-electron chi connectivity index (χ2n) is 5.46. The third-order valence-electron chi connectivity index (χ3n) is 3.91. The quantitative estimate of drug-likeness (QED) is 0.938. The number of aryl methyl sites for hydroxylation is 1. The first-order chi connectivity index (χ1) is 10.2. The Kier molecular flexibility index (Phi) is 3.95. The first kappa shape index (κ1) is 13.7. The number of nitrogens with zero attached hydrogens (tertiary/aromatic N) is 1. The van der Waals surface area contributed by atoms with E-state index in [1.54, 1.807) is 6.26 Å². The summed E-state index contributed by atoms with van der Waals surface area (Å²) in [5.74, 6) is 0.691. The number of amides is 1. The monoisotopic (exact) mass is 284 g/mol. The molecular formula is C17H20N2O2. The number of carbonyl (C=O) groups is 1. The van der Waals surface area contributed by atoms with Crippen molar-refractivity contribution in [2.24, 2.45) is 0 Å². The Bertz CT molecular complexity index is 614. The number of rotatable bonds is 4. The summed E-state index contributed by atoms with van der Waals surface area (Å²) in [6.45, 7) is 4.71. The Balaban J connectivity index is 1.67. The highest BCUT2D eigenvalue weighted by Gasteiger charge is 2.15. The second-order valence-corrected chi connectivity index (χ2v) is 5.46. The SMILES string of the molecule is Cc1cc(C(=O)NCc2ccco2)ccc1N1CCCC1. The lowest BCUT2D eigenvalue weighted by molar-refractivity contribution is 0.0948. The minimum atomic E-state index is -0.0672. The van der Waals surface area contributed by atoms with Gasteiger partial charge in [-0.3, -0.25) is 4.79 Å². The van der Waals surface area contributed by atoms with Crippen LogP contribution in [-0.4, -0.2) is 19.0 Å². The maximum atomic E-state index is 12.2. The molecule has 1 aliphatic heterocycles. The number of hydrogen-bond acceptors (Lipinski definition) is 3. The Morgan fingerprint density at radius 3 is 2.76 bits per heavy atom. The first-order valence-corrected chi connectivity index (χ1v) is 7.40. The molecule has 1 aromatic heterocycles. The van der Waals surface area contributed by atoms with Gasteiger partial charge in [-0.25, -0.2) is 0 Å². The van der Waals surface area contributed by atoms with Gasteiger partial charge >= 0.3 is 0 Å². The van der Waals surface area contributed by atoms with E-state index in [0.717, 1.165) is 24.4 Å². The van der Waals surface area contributed by atoms with Gasteiger partial charge in [0, 0.05) is 24.3 Å². The lowest BCUT2D eigenvalue weighted by Crippen LogP contribution is -2.23. The molecular weight excluding hydrogens is 264 g/mol. The predicted octanol–water partition coefficient (Wildman–Crippen LogP) is 3.12. The van der Waals surface area contributed by atoms with Crippen LogP contribution in [-0.2, 0) is 6.54 Å². The smallest absolute Gasteiger partial charge is 0.251 e. The molecule has 0 bridgehead atoms. The zero-order valence-electron chi connectivity index (χ0n) is 12.3. The standard InChI is InChI=1S/C17H20N2O2/c1-13-11-14(6-7-16(13)19-8-2-3-9-19)17(20)18-12-15-5-4-10-21-15/h4-7,10-11H,2-3,8-9,12H2,1H3,(H,18,20). The topological polar surface area (TPSA) is 45.5 Å². The van der Waals surface area contributed by atoms with E-state index < -0.39 is 0 Å². The summed E-state index contributed by atoms with van der Waals surface area (Å²) in [6, 6.07) is 9.59. The van der Waals surface area contributed by atoms with Crippen LogP contribution >= 0.6 is 0 Å². The molecule has 3 rings (SSSR count). The molecule has 0 atom stereocenters. The fourth-order valence-corrected chi connectivity index (χ4v) is 2.79. The highest BCUT2D eigenvalue weighted by molar-refractivity contribution is 5.94. The van der Waals surface area contributed by atoms with E-state index in [1.807, 2.05) is 24.3 Å². The van der Waals surface area contributed by atoms with Gasteiger partial charge in [-0.15, -0.1) is 0 Å². The summed E-state index contributed by atoms with van der Waals surface area (Å²) >= 11 is 0. The molecule has 1 aliphatic rings. The Morgan fingerprint density at radius 1 is 1.29 bits per heavy atom. The lowest BCUT2D eigenvalue weighted by atomic mass is 10.1. The number of nitrogens with one attached hydrogen (secondary N) is 1. The first-order valence-electron chi connectivity index (χ1n) is 7.40. The maximum absolute atomic E-state index is 12.2. The summed E-state index contributed by atoms with van der Waals surface area (Å²) < 4.78 is 5.21. The van der Waals surface area contributed by atoms with E-state index in [2.05, 4.69) is 23.2 Å². The molecule has 2 aromatic rings. The van der Waals surface area contributed by atoms with Gasteiger partial charge in [0.15, 0.2) is 0 Å². The van der Waals surface area contributed by atoms with Crippen LogP contribution in [0.4, 0.5) is 5.69 Å². The Hall–Kier alpha value is -2.23.